The van der Waals surface area contributed by atoms with E-state index >= 15 is 0 Å². The Morgan fingerprint density at radius 1 is 1.00 bits per heavy atom. The third-order valence-electron chi connectivity index (χ3n) is 2.27. The number of carbonyl (C=O) groups is 1. The number of carbonyl (C=O) groups excluding carboxylic acids is 1. The Morgan fingerprint density at radius 2 is 1.65 bits per heavy atom. The molecule has 0 atom stereocenters. The lowest BCUT2D eigenvalue weighted by Gasteiger charge is -2.04. The summed E-state index contributed by atoms with van der Waals surface area (Å²) in [6, 6.07) is 14.9. The third-order valence-corrected chi connectivity index (χ3v) is 2.27. The summed E-state index contributed by atoms with van der Waals surface area (Å²) in [7, 11) is 0. The highest BCUT2D eigenvalue weighted by atomic mass is 19.1. The molecule has 2 aromatic carbocycles. The highest BCUT2D eigenvalue weighted by Gasteiger charge is 2.09. The first-order chi connectivity index (χ1) is 8.25. The van der Waals surface area contributed by atoms with Crippen molar-refractivity contribution in [1.29, 1.82) is 0 Å². The quantitative estimate of drug-likeness (QED) is 0.598. The molecular formula is C14H11FO2. The Bertz CT molecular complexity index is 509. The first kappa shape index (κ1) is 11.3. The lowest BCUT2D eigenvalue weighted by molar-refractivity contribution is -0.133. The van der Waals surface area contributed by atoms with Crippen LogP contribution in [0.25, 0.3) is 0 Å². The maximum Gasteiger partial charge on any atom is 0.315 e. The van der Waals surface area contributed by atoms with Gasteiger partial charge in [-0.05, 0) is 23.8 Å². The predicted octanol–water partition coefficient (Wildman–Crippen LogP) is 2.97. The fourth-order valence-corrected chi connectivity index (χ4v) is 1.45. The summed E-state index contributed by atoms with van der Waals surface area (Å²) in [5, 5.41) is 0. The summed E-state index contributed by atoms with van der Waals surface area (Å²) in [6.07, 6.45) is -0.0679. The molecule has 0 aliphatic rings. The van der Waals surface area contributed by atoms with E-state index in [2.05, 4.69) is 0 Å². The fraction of sp³-hybridized carbons (Fsp3) is 0.0714. The number of benzene rings is 2. The molecule has 0 N–H and O–H groups in total. The molecule has 0 fully saturated rings. The normalized spacial score (nSPS) is 9.94. The molecule has 0 saturated carbocycles. The van der Waals surface area contributed by atoms with Crippen LogP contribution in [0.2, 0.25) is 0 Å². The van der Waals surface area contributed by atoms with Crippen molar-refractivity contribution in [3.63, 3.8) is 0 Å². The first-order valence-electron chi connectivity index (χ1n) is 5.25. The minimum atomic E-state index is -0.471. The van der Waals surface area contributed by atoms with E-state index in [9.17, 15) is 9.18 Å². The molecule has 86 valence electrons. The van der Waals surface area contributed by atoms with Crippen LogP contribution >= 0.6 is 0 Å². The van der Waals surface area contributed by atoms with E-state index in [0.717, 1.165) is 0 Å². The summed E-state index contributed by atoms with van der Waals surface area (Å²) in [5.74, 6) is -0.396. The molecule has 0 bridgehead atoms. The van der Waals surface area contributed by atoms with Crippen LogP contribution in [0.15, 0.2) is 54.6 Å². The molecule has 0 amide bonds. The molecule has 0 unspecified atom stereocenters. The SMILES string of the molecule is O=C(Cc1ccccc1F)Oc1ccccc1. The van der Waals surface area contributed by atoms with Crippen molar-refractivity contribution in [1.82, 2.24) is 0 Å². The molecule has 0 aliphatic carbocycles. The van der Waals surface area contributed by atoms with Gasteiger partial charge >= 0.3 is 5.97 Å². The van der Waals surface area contributed by atoms with Crippen LogP contribution in [0.4, 0.5) is 4.39 Å². The van der Waals surface area contributed by atoms with Gasteiger partial charge in [0, 0.05) is 0 Å². The van der Waals surface area contributed by atoms with Gasteiger partial charge in [-0.1, -0.05) is 36.4 Å². The smallest absolute Gasteiger partial charge is 0.315 e. The van der Waals surface area contributed by atoms with Crippen LogP contribution < -0.4 is 4.74 Å². The highest BCUT2D eigenvalue weighted by molar-refractivity contribution is 5.75. The summed E-state index contributed by atoms with van der Waals surface area (Å²) in [6.45, 7) is 0. The molecule has 0 saturated heterocycles. The number of esters is 1. The molecule has 0 spiro atoms. The molecule has 0 aliphatic heterocycles. The van der Waals surface area contributed by atoms with E-state index in [0.29, 0.717) is 11.3 Å². The van der Waals surface area contributed by atoms with Gasteiger partial charge < -0.3 is 4.74 Å². The van der Waals surface area contributed by atoms with Gasteiger partial charge in [0.05, 0.1) is 6.42 Å². The van der Waals surface area contributed by atoms with Crippen LogP contribution in [0.5, 0.6) is 5.75 Å². The maximum atomic E-state index is 13.3. The van der Waals surface area contributed by atoms with Crippen molar-refractivity contribution in [3.05, 3.63) is 66.0 Å². The van der Waals surface area contributed by atoms with Crippen LogP contribution in [0, 0.1) is 5.82 Å². The Kier molecular flexibility index (Phi) is 3.50. The number of halogens is 1. The average Bonchev–Trinajstić information content (AvgIpc) is 2.33. The second kappa shape index (κ2) is 5.25. The Labute approximate surface area is 98.7 Å². The predicted molar refractivity (Wildman–Crippen MR) is 62.2 cm³/mol. The lowest BCUT2D eigenvalue weighted by atomic mass is 10.1. The first-order valence-corrected chi connectivity index (χ1v) is 5.25. The van der Waals surface area contributed by atoms with Crippen LogP contribution in [0.3, 0.4) is 0 Å². The lowest BCUT2D eigenvalue weighted by Crippen LogP contribution is -2.12. The molecule has 0 aromatic heterocycles. The summed E-state index contributed by atoms with van der Waals surface area (Å²) >= 11 is 0. The minimum Gasteiger partial charge on any atom is -0.426 e. The minimum absolute atomic E-state index is 0.0679. The van der Waals surface area contributed by atoms with Crippen LogP contribution in [-0.4, -0.2) is 5.97 Å². The van der Waals surface area contributed by atoms with Crippen molar-refractivity contribution in [2.45, 2.75) is 6.42 Å². The van der Waals surface area contributed by atoms with Gasteiger partial charge in [-0.25, -0.2) is 4.39 Å². The Hall–Kier alpha value is -2.16. The number of hydrogen-bond donors (Lipinski definition) is 0. The largest absolute Gasteiger partial charge is 0.426 e. The second-order valence-corrected chi connectivity index (χ2v) is 3.56. The summed E-state index contributed by atoms with van der Waals surface area (Å²) in [5.41, 5.74) is 0.341. The average molecular weight is 230 g/mol. The molecule has 17 heavy (non-hydrogen) atoms. The van der Waals surface area contributed by atoms with Crippen molar-refractivity contribution in [3.8, 4) is 5.75 Å². The Morgan fingerprint density at radius 3 is 2.35 bits per heavy atom. The molecule has 0 radical (unpaired) electrons. The topological polar surface area (TPSA) is 26.3 Å². The van der Waals surface area contributed by atoms with Gasteiger partial charge in [0.2, 0.25) is 0 Å². The van der Waals surface area contributed by atoms with Crippen molar-refractivity contribution in [2.24, 2.45) is 0 Å². The van der Waals surface area contributed by atoms with Gasteiger partial charge in [-0.2, -0.15) is 0 Å². The van der Waals surface area contributed by atoms with E-state index in [4.69, 9.17) is 4.74 Å². The summed E-state index contributed by atoms with van der Waals surface area (Å²) < 4.78 is 18.3. The van der Waals surface area contributed by atoms with E-state index in [1.807, 2.05) is 6.07 Å². The van der Waals surface area contributed by atoms with Crippen molar-refractivity contribution in [2.75, 3.05) is 0 Å². The number of ether oxygens (including phenoxy) is 1. The van der Waals surface area contributed by atoms with E-state index in [1.165, 1.54) is 6.07 Å². The zero-order valence-corrected chi connectivity index (χ0v) is 9.10. The molecule has 3 heteroatoms. The van der Waals surface area contributed by atoms with Gasteiger partial charge in [0.15, 0.2) is 0 Å². The number of para-hydroxylation sites is 1. The monoisotopic (exact) mass is 230 g/mol. The molecule has 2 nitrogen and oxygen atoms in total. The van der Waals surface area contributed by atoms with Gasteiger partial charge in [0.25, 0.3) is 0 Å². The number of hydrogen-bond acceptors (Lipinski definition) is 2. The molecular weight excluding hydrogens is 219 g/mol. The van der Waals surface area contributed by atoms with Gasteiger partial charge in [-0.3, -0.25) is 4.79 Å². The highest BCUT2D eigenvalue weighted by Crippen LogP contribution is 2.12. The Balaban J connectivity index is 2.01. The van der Waals surface area contributed by atoms with Crippen molar-refractivity contribution < 1.29 is 13.9 Å². The maximum absolute atomic E-state index is 13.3. The second-order valence-electron chi connectivity index (χ2n) is 3.56. The standard InChI is InChI=1S/C14H11FO2/c15-13-9-5-4-6-11(13)10-14(16)17-12-7-2-1-3-8-12/h1-9H,10H2. The van der Waals surface area contributed by atoms with Gasteiger partial charge in [0.1, 0.15) is 11.6 Å². The molecule has 2 rings (SSSR count). The number of rotatable bonds is 3. The van der Waals surface area contributed by atoms with Crippen LogP contribution in [-0.2, 0) is 11.2 Å². The van der Waals surface area contributed by atoms with E-state index < -0.39 is 11.8 Å². The van der Waals surface area contributed by atoms with E-state index in [1.54, 1.807) is 42.5 Å². The van der Waals surface area contributed by atoms with Crippen LogP contribution in [0.1, 0.15) is 5.56 Å². The zero-order chi connectivity index (χ0) is 12.1. The molecule has 0 heterocycles. The zero-order valence-electron chi connectivity index (χ0n) is 9.10. The van der Waals surface area contributed by atoms with Gasteiger partial charge in [-0.15, -0.1) is 0 Å². The van der Waals surface area contributed by atoms with E-state index in [-0.39, 0.29) is 6.42 Å². The fourth-order valence-electron chi connectivity index (χ4n) is 1.45. The summed E-state index contributed by atoms with van der Waals surface area (Å²) in [4.78, 5) is 11.5. The van der Waals surface area contributed by atoms with Crippen molar-refractivity contribution >= 4 is 5.97 Å². The third kappa shape index (κ3) is 3.14. The molecule has 2 aromatic rings.